The highest BCUT2D eigenvalue weighted by atomic mass is 35.5. The monoisotopic (exact) mass is 274 g/mol. The molecular weight excluding hydrogens is 267 g/mol. The molecule has 1 nitrogen and oxygen atoms in total. The molecule has 1 rings (SSSR count). The van der Waals surface area contributed by atoms with E-state index in [2.05, 4.69) is 11.6 Å². The van der Waals surface area contributed by atoms with Crippen molar-refractivity contribution in [2.75, 3.05) is 0 Å². The van der Waals surface area contributed by atoms with Crippen LogP contribution in [0.2, 0.25) is 0 Å². The lowest BCUT2D eigenvalue weighted by Gasteiger charge is -2.18. The van der Waals surface area contributed by atoms with Crippen LogP contribution in [0.15, 0.2) is 18.2 Å². The number of benzene rings is 1. The standard InChI is InChI=1S/C10H8ClF5O/c1-5-2-6(8(17)9(11,12)13)4-7(3-5)10(14,15)16/h2-4,8,17H,1H3. The molecular formula is C10H8ClF5O. The van der Waals surface area contributed by atoms with Crippen LogP contribution >= 0.6 is 11.6 Å². The van der Waals surface area contributed by atoms with Crippen molar-refractivity contribution in [2.24, 2.45) is 0 Å². The summed E-state index contributed by atoms with van der Waals surface area (Å²) < 4.78 is 62.4. The number of alkyl halides is 6. The number of rotatable bonds is 2. The summed E-state index contributed by atoms with van der Waals surface area (Å²) in [5.74, 6) is 0. The third-order valence-electron chi connectivity index (χ3n) is 2.05. The number of hydrogen-bond acceptors (Lipinski definition) is 1. The molecule has 0 radical (unpaired) electrons. The van der Waals surface area contributed by atoms with Crippen molar-refractivity contribution in [3.05, 3.63) is 34.9 Å². The van der Waals surface area contributed by atoms with Crippen molar-refractivity contribution < 1.29 is 27.1 Å². The van der Waals surface area contributed by atoms with Crippen LogP contribution < -0.4 is 0 Å². The first-order valence-corrected chi connectivity index (χ1v) is 4.83. The van der Waals surface area contributed by atoms with Gasteiger partial charge in [0.25, 0.3) is 0 Å². The Bertz CT molecular complexity index is 410. The topological polar surface area (TPSA) is 20.2 Å². The van der Waals surface area contributed by atoms with E-state index < -0.39 is 28.8 Å². The highest BCUT2D eigenvalue weighted by Gasteiger charge is 2.38. The largest absolute Gasteiger partial charge is 0.416 e. The molecule has 96 valence electrons. The van der Waals surface area contributed by atoms with Gasteiger partial charge in [-0.2, -0.15) is 22.0 Å². The molecule has 0 saturated carbocycles. The molecule has 0 aliphatic carbocycles. The van der Waals surface area contributed by atoms with Crippen molar-refractivity contribution in [3.8, 4) is 0 Å². The van der Waals surface area contributed by atoms with Gasteiger partial charge in [0.2, 0.25) is 0 Å². The van der Waals surface area contributed by atoms with E-state index in [1.807, 2.05) is 0 Å². The zero-order valence-corrected chi connectivity index (χ0v) is 9.28. The van der Waals surface area contributed by atoms with Gasteiger partial charge in [-0.25, -0.2) is 0 Å². The molecule has 0 heterocycles. The summed E-state index contributed by atoms with van der Waals surface area (Å²) in [6.07, 6.45) is -7.15. The second-order valence-corrected chi connectivity index (χ2v) is 4.08. The average molecular weight is 275 g/mol. The van der Waals surface area contributed by atoms with Gasteiger partial charge in [0.1, 0.15) is 0 Å². The summed E-state index contributed by atoms with van der Waals surface area (Å²) in [7, 11) is 0. The Morgan fingerprint density at radius 1 is 1.12 bits per heavy atom. The van der Waals surface area contributed by atoms with Gasteiger partial charge in [0.05, 0.1) is 5.56 Å². The van der Waals surface area contributed by atoms with Crippen LogP contribution in [-0.2, 0) is 6.18 Å². The van der Waals surface area contributed by atoms with Crippen molar-refractivity contribution >= 4 is 11.6 Å². The fourth-order valence-corrected chi connectivity index (χ4v) is 1.45. The van der Waals surface area contributed by atoms with E-state index in [-0.39, 0.29) is 5.56 Å². The average Bonchev–Trinajstić information content (AvgIpc) is 2.12. The molecule has 1 atom stereocenters. The SMILES string of the molecule is Cc1cc(C(O)C(F)(F)Cl)cc(C(F)(F)F)c1. The van der Waals surface area contributed by atoms with Crippen LogP contribution in [0.25, 0.3) is 0 Å². The molecule has 7 heteroatoms. The molecule has 0 aromatic heterocycles. The molecule has 0 saturated heterocycles. The third-order valence-corrected chi connectivity index (χ3v) is 2.26. The number of hydrogen-bond donors (Lipinski definition) is 1. The van der Waals surface area contributed by atoms with Crippen LogP contribution in [0.3, 0.4) is 0 Å². The quantitative estimate of drug-likeness (QED) is 0.641. The minimum absolute atomic E-state index is 0.106. The van der Waals surface area contributed by atoms with Crippen LogP contribution in [0.5, 0.6) is 0 Å². The molecule has 0 aliphatic heterocycles. The number of aliphatic hydroxyl groups excluding tert-OH is 1. The van der Waals surface area contributed by atoms with Gasteiger partial charge in [-0.3, -0.25) is 0 Å². The highest BCUT2D eigenvalue weighted by molar-refractivity contribution is 6.22. The summed E-state index contributed by atoms with van der Waals surface area (Å²) in [6.45, 7) is 1.30. The van der Waals surface area contributed by atoms with Gasteiger partial charge in [-0.1, -0.05) is 11.6 Å². The molecule has 0 bridgehead atoms. The van der Waals surface area contributed by atoms with Crippen molar-refractivity contribution in [1.82, 2.24) is 0 Å². The first kappa shape index (κ1) is 14.2. The summed E-state index contributed by atoms with van der Waals surface area (Å²) >= 11 is 4.57. The first-order chi connectivity index (χ1) is 7.51. The predicted octanol–water partition coefficient (Wildman–Crippen LogP) is 3.88. The van der Waals surface area contributed by atoms with E-state index in [9.17, 15) is 22.0 Å². The molecule has 17 heavy (non-hydrogen) atoms. The van der Waals surface area contributed by atoms with Gasteiger partial charge in [-0.05, 0) is 36.2 Å². The maximum Gasteiger partial charge on any atom is 0.416 e. The lowest BCUT2D eigenvalue weighted by atomic mass is 10.0. The van der Waals surface area contributed by atoms with Crippen LogP contribution in [-0.4, -0.2) is 10.5 Å². The molecule has 0 aliphatic rings. The molecule has 1 N–H and O–H groups in total. The summed E-state index contributed by atoms with van der Waals surface area (Å²) in [6, 6.07) is 2.27. The van der Waals surface area contributed by atoms with Gasteiger partial charge < -0.3 is 5.11 Å². The van der Waals surface area contributed by atoms with Crippen LogP contribution in [0.1, 0.15) is 22.8 Å². The Morgan fingerprint density at radius 2 is 1.65 bits per heavy atom. The summed E-state index contributed by atoms with van der Waals surface area (Å²) in [5, 5.41) is 5.11. The van der Waals surface area contributed by atoms with Gasteiger partial charge in [0, 0.05) is 0 Å². The van der Waals surface area contributed by atoms with E-state index in [0.717, 1.165) is 12.1 Å². The molecule has 1 aromatic carbocycles. The Labute approximate surface area is 98.8 Å². The maximum absolute atomic E-state index is 12.6. The zero-order chi connectivity index (χ0) is 13.4. The van der Waals surface area contributed by atoms with Crippen LogP contribution in [0.4, 0.5) is 22.0 Å². The molecule has 1 unspecified atom stereocenters. The number of aryl methyl sites for hydroxylation is 1. The lowest BCUT2D eigenvalue weighted by Crippen LogP contribution is -2.20. The summed E-state index contributed by atoms with van der Waals surface area (Å²) in [5.41, 5.74) is -1.57. The van der Waals surface area contributed by atoms with E-state index in [1.54, 1.807) is 0 Å². The molecule has 1 aromatic rings. The van der Waals surface area contributed by atoms with Gasteiger partial charge in [0.15, 0.2) is 6.10 Å². The predicted molar refractivity (Wildman–Crippen MR) is 51.9 cm³/mol. The highest BCUT2D eigenvalue weighted by Crippen LogP contribution is 2.38. The van der Waals surface area contributed by atoms with Crippen molar-refractivity contribution in [2.45, 2.75) is 24.6 Å². The van der Waals surface area contributed by atoms with Crippen molar-refractivity contribution in [3.63, 3.8) is 0 Å². The normalized spacial score (nSPS) is 14.8. The second kappa shape index (κ2) is 4.42. The lowest BCUT2D eigenvalue weighted by molar-refractivity contribution is -0.137. The van der Waals surface area contributed by atoms with E-state index in [4.69, 9.17) is 5.11 Å². The number of aliphatic hydroxyl groups is 1. The fraction of sp³-hybridized carbons (Fsp3) is 0.400. The number of halogens is 6. The summed E-state index contributed by atoms with van der Waals surface area (Å²) in [4.78, 5) is 0. The Balaban J connectivity index is 3.24. The third kappa shape index (κ3) is 3.54. The van der Waals surface area contributed by atoms with E-state index in [0.29, 0.717) is 6.07 Å². The van der Waals surface area contributed by atoms with Crippen molar-refractivity contribution in [1.29, 1.82) is 0 Å². The minimum atomic E-state index is -4.66. The second-order valence-electron chi connectivity index (χ2n) is 3.57. The van der Waals surface area contributed by atoms with Crippen LogP contribution in [0, 0.1) is 6.92 Å². The Kier molecular flexibility index (Phi) is 3.69. The van der Waals surface area contributed by atoms with E-state index >= 15 is 0 Å². The minimum Gasteiger partial charge on any atom is -0.381 e. The first-order valence-electron chi connectivity index (χ1n) is 4.45. The molecule has 0 spiro atoms. The molecule has 0 fully saturated rings. The maximum atomic E-state index is 12.6. The molecule has 0 amide bonds. The zero-order valence-electron chi connectivity index (χ0n) is 8.52. The fourth-order valence-electron chi connectivity index (χ4n) is 1.32. The Morgan fingerprint density at radius 3 is 2.06 bits per heavy atom. The Hall–Kier alpha value is -0.880. The van der Waals surface area contributed by atoms with Gasteiger partial charge in [-0.15, -0.1) is 0 Å². The van der Waals surface area contributed by atoms with E-state index in [1.165, 1.54) is 6.92 Å². The smallest absolute Gasteiger partial charge is 0.381 e. The van der Waals surface area contributed by atoms with Gasteiger partial charge >= 0.3 is 11.6 Å².